The van der Waals surface area contributed by atoms with Crippen LogP contribution in [-0.4, -0.2) is 4.98 Å². The van der Waals surface area contributed by atoms with Crippen molar-refractivity contribution in [3.05, 3.63) is 47.5 Å². The molecule has 0 radical (unpaired) electrons. The minimum Gasteiger partial charge on any atom is -0.472 e. The number of nitrogen functional groups attached to an aromatic ring is 1. The van der Waals surface area contributed by atoms with Crippen LogP contribution in [0.5, 0.6) is 0 Å². The highest BCUT2D eigenvalue weighted by atomic mass is 16.3. The molecule has 2 aromatic heterocycles. The number of nitrogens with two attached hydrogens (primary N) is 2. The third-order valence-electron chi connectivity index (χ3n) is 2.32. The monoisotopic (exact) mass is 203 g/mol. The van der Waals surface area contributed by atoms with E-state index in [-0.39, 0.29) is 6.04 Å². The highest BCUT2D eigenvalue weighted by Crippen LogP contribution is 2.24. The quantitative estimate of drug-likeness (QED) is 0.777. The molecule has 4 nitrogen and oxygen atoms in total. The average Bonchev–Trinajstić information content (AvgIpc) is 2.74. The zero-order valence-electron chi connectivity index (χ0n) is 8.47. The van der Waals surface area contributed by atoms with E-state index in [2.05, 4.69) is 4.98 Å². The van der Waals surface area contributed by atoms with Crippen molar-refractivity contribution in [3.8, 4) is 0 Å². The Labute approximate surface area is 87.9 Å². The molecule has 0 aliphatic carbocycles. The maximum atomic E-state index is 6.05. The van der Waals surface area contributed by atoms with Gasteiger partial charge in [-0.05, 0) is 24.6 Å². The maximum Gasteiger partial charge on any atom is 0.128 e. The van der Waals surface area contributed by atoms with Crippen molar-refractivity contribution in [2.45, 2.75) is 13.0 Å². The van der Waals surface area contributed by atoms with E-state index in [0.29, 0.717) is 5.82 Å². The predicted molar refractivity (Wildman–Crippen MR) is 58.1 cm³/mol. The Hall–Kier alpha value is -1.81. The summed E-state index contributed by atoms with van der Waals surface area (Å²) >= 11 is 0. The lowest BCUT2D eigenvalue weighted by atomic mass is 10.0. The summed E-state index contributed by atoms with van der Waals surface area (Å²) < 4.78 is 4.99. The second-order valence-electron chi connectivity index (χ2n) is 3.52. The number of pyridine rings is 1. The van der Waals surface area contributed by atoms with Crippen LogP contribution in [0, 0.1) is 6.92 Å². The number of hydrogen-bond donors (Lipinski definition) is 2. The summed E-state index contributed by atoms with van der Waals surface area (Å²) in [6.07, 6.45) is 4.93. The van der Waals surface area contributed by atoms with Crippen molar-refractivity contribution in [2.75, 3.05) is 5.73 Å². The Morgan fingerprint density at radius 1 is 1.47 bits per heavy atom. The van der Waals surface area contributed by atoms with Crippen LogP contribution in [0.1, 0.15) is 22.7 Å². The highest BCUT2D eigenvalue weighted by Gasteiger charge is 2.13. The van der Waals surface area contributed by atoms with Gasteiger partial charge in [-0.2, -0.15) is 0 Å². The molecule has 1 atom stereocenters. The Balaban J connectivity index is 2.41. The van der Waals surface area contributed by atoms with Crippen LogP contribution in [0.15, 0.2) is 35.3 Å². The lowest BCUT2D eigenvalue weighted by Crippen LogP contribution is -2.14. The van der Waals surface area contributed by atoms with E-state index in [1.807, 2.05) is 19.1 Å². The van der Waals surface area contributed by atoms with Gasteiger partial charge in [-0.25, -0.2) is 4.98 Å². The fourth-order valence-corrected chi connectivity index (χ4v) is 1.48. The molecule has 2 heterocycles. The van der Waals surface area contributed by atoms with Gasteiger partial charge in [0.2, 0.25) is 0 Å². The molecule has 4 heteroatoms. The standard InChI is InChI=1S/C11H13N3O/c1-7-4-9(11(13)14-5-7)10(12)8-2-3-15-6-8/h2-6,10H,12H2,1H3,(H2,13,14). The molecule has 4 N–H and O–H groups in total. The first-order valence-corrected chi connectivity index (χ1v) is 4.68. The van der Waals surface area contributed by atoms with Crippen molar-refractivity contribution in [3.63, 3.8) is 0 Å². The van der Waals surface area contributed by atoms with Crippen LogP contribution < -0.4 is 11.5 Å². The van der Waals surface area contributed by atoms with Gasteiger partial charge in [0.15, 0.2) is 0 Å². The third kappa shape index (κ3) is 1.85. The van der Waals surface area contributed by atoms with Crippen molar-refractivity contribution in [1.29, 1.82) is 0 Å². The van der Waals surface area contributed by atoms with Gasteiger partial charge in [-0.15, -0.1) is 0 Å². The second-order valence-corrected chi connectivity index (χ2v) is 3.52. The van der Waals surface area contributed by atoms with E-state index in [4.69, 9.17) is 15.9 Å². The van der Waals surface area contributed by atoms with Crippen LogP contribution in [0.2, 0.25) is 0 Å². The fourth-order valence-electron chi connectivity index (χ4n) is 1.48. The fraction of sp³-hybridized carbons (Fsp3) is 0.182. The van der Waals surface area contributed by atoms with Crippen molar-refractivity contribution < 1.29 is 4.42 Å². The molecule has 2 rings (SSSR count). The van der Waals surface area contributed by atoms with Gasteiger partial charge >= 0.3 is 0 Å². The molecule has 0 aromatic carbocycles. The molecule has 78 valence electrons. The lowest BCUT2D eigenvalue weighted by molar-refractivity contribution is 0.562. The van der Waals surface area contributed by atoms with Gasteiger partial charge in [-0.1, -0.05) is 0 Å². The molecule has 0 saturated carbocycles. The second kappa shape index (κ2) is 3.74. The zero-order chi connectivity index (χ0) is 10.8. The predicted octanol–water partition coefficient (Wildman–Crippen LogP) is 1.61. The first-order chi connectivity index (χ1) is 7.18. The molecule has 0 amide bonds. The van der Waals surface area contributed by atoms with E-state index in [0.717, 1.165) is 16.7 Å². The van der Waals surface area contributed by atoms with E-state index >= 15 is 0 Å². The van der Waals surface area contributed by atoms with Crippen molar-refractivity contribution in [2.24, 2.45) is 5.73 Å². The smallest absolute Gasteiger partial charge is 0.128 e. The molecule has 15 heavy (non-hydrogen) atoms. The first kappa shape index (κ1) is 9.73. The highest BCUT2D eigenvalue weighted by molar-refractivity contribution is 5.46. The Morgan fingerprint density at radius 2 is 2.27 bits per heavy atom. The summed E-state index contributed by atoms with van der Waals surface area (Å²) in [7, 11) is 0. The molecule has 0 spiro atoms. The van der Waals surface area contributed by atoms with Crippen LogP contribution in [0.25, 0.3) is 0 Å². The summed E-state index contributed by atoms with van der Waals surface area (Å²) in [4.78, 5) is 4.08. The number of aromatic nitrogens is 1. The molecule has 0 bridgehead atoms. The van der Waals surface area contributed by atoms with Gasteiger partial charge in [0.05, 0.1) is 18.6 Å². The van der Waals surface area contributed by atoms with Gasteiger partial charge in [0.25, 0.3) is 0 Å². The molecule has 0 saturated heterocycles. The van der Waals surface area contributed by atoms with E-state index in [9.17, 15) is 0 Å². The van der Waals surface area contributed by atoms with Gasteiger partial charge in [-0.3, -0.25) is 0 Å². The molecular weight excluding hydrogens is 190 g/mol. The number of rotatable bonds is 2. The van der Waals surface area contributed by atoms with Crippen molar-refractivity contribution in [1.82, 2.24) is 4.98 Å². The Kier molecular flexibility index (Phi) is 2.43. The topological polar surface area (TPSA) is 78.1 Å². The zero-order valence-corrected chi connectivity index (χ0v) is 8.47. The Bertz CT molecular complexity index is 451. The summed E-state index contributed by atoms with van der Waals surface area (Å²) in [5.74, 6) is 0.467. The SMILES string of the molecule is Cc1cnc(N)c(C(N)c2ccoc2)c1. The molecule has 0 fully saturated rings. The number of hydrogen-bond acceptors (Lipinski definition) is 4. The van der Waals surface area contributed by atoms with E-state index in [1.54, 1.807) is 18.7 Å². The van der Waals surface area contributed by atoms with Crippen LogP contribution >= 0.6 is 0 Å². The van der Waals surface area contributed by atoms with Crippen LogP contribution in [-0.2, 0) is 0 Å². The van der Waals surface area contributed by atoms with Gasteiger partial charge in [0.1, 0.15) is 5.82 Å². The van der Waals surface area contributed by atoms with Gasteiger partial charge in [0, 0.05) is 17.3 Å². The summed E-state index contributed by atoms with van der Waals surface area (Å²) in [5.41, 5.74) is 14.6. The minimum atomic E-state index is -0.281. The van der Waals surface area contributed by atoms with E-state index in [1.165, 1.54) is 0 Å². The van der Waals surface area contributed by atoms with Crippen LogP contribution in [0.4, 0.5) is 5.82 Å². The average molecular weight is 203 g/mol. The lowest BCUT2D eigenvalue weighted by Gasteiger charge is -2.12. The summed E-state index contributed by atoms with van der Waals surface area (Å²) in [6.45, 7) is 1.96. The normalized spacial score (nSPS) is 12.7. The van der Waals surface area contributed by atoms with Crippen molar-refractivity contribution >= 4 is 5.82 Å². The summed E-state index contributed by atoms with van der Waals surface area (Å²) in [5, 5.41) is 0. The number of aryl methyl sites for hydroxylation is 1. The molecule has 1 unspecified atom stereocenters. The largest absolute Gasteiger partial charge is 0.472 e. The molecule has 2 aromatic rings. The number of furan rings is 1. The molecule has 0 aliphatic rings. The molecular formula is C11H13N3O. The molecule has 0 aliphatic heterocycles. The van der Waals surface area contributed by atoms with Gasteiger partial charge < -0.3 is 15.9 Å². The van der Waals surface area contributed by atoms with E-state index < -0.39 is 0 Å². The minimum absolute atomic E-state index is 0.281. The number of anilines is 1. The summed E-state index contributed by atoms with van der Waals surface area (Å²) in [6, 6.07) is 3.49. The van der Waals surface area contributed by atoms with Crippen LogP contribution in [0.3, 0.4) is 0 Å². The first-order valence-electron chi connectivity index (χ1n) is 4.68. The third-order valence-corrected chi connectivity index (χ3v) is 2.32. The number of nitrogens with zero attached hydrogens (tertiary/aromatic N) is 1. The maximum absolute atomic E-state index is 6.05. The Morgan fingerprint density at radius 3 is 2.93 bits per heavy atom.